The fourth-order valence-corrected chi connectivity index (χ4v) is 3.22. The standard InChI is InChI=1S/C17H20N2O4/c1-23-13-4-5-15-14(8-13)11(9-18-15)7-16(20)19-12-3-2-10(6-12)17(21)22/h4-5,8-10,12,18H,2-3,6-7H2,1H3,(H,19,20)(H,21,22)/t10-,12+/m0/s1. The molecule has 0 bridgehead atoms. The van der Waals surface area contributed by atoms with E-state index in [0.717, 1.165) is 28.6 Å². The monoisotopic (exact) mass is 316 g/mol. The van der Waals surface area contributed by atoms with Gasteiger partial charge < -0.3 is 20.1 Å². The molecule has 1 heterocycles. The number of methoxy groups -OCH3 is 1. The van der Waals surface area contributed by atoms with E-state index in [9.17, 15) is 9.59 Å². The Bertz CT molecular complexity index is 737. The van der Waals surface area contributed by atoms with Gasteiger partial charge in [-0.3, -0.25) is 9.59 Å². The highest BCUT2D eigenvalue weighted by Crippen LogP contribution is 2.26. The minimum absolute atomic E-state index is 0.0386. The molecule has 0 unspecified atom stereocenters. The molecule has 2 atom stereocenters. The van der Waals surface area contributed by atoms with Crippen LogP contribution in [0.25, 0.3) is 10.9 Å². The predicted molar refractivity (Wildman–Crippen MR) is 85.5 cm³/mol. The van der Waals surface area contributed by atoms with Crippen LogP contribution in [-0.4, -0.2) is 35.1 Å². The Kier molecular flexibility index (Phi) is 4.23. The Balaban J connectivity index is 1.65. The molecule has 23 heavy (non-hydrogen) atoms. The third-order valence-corrected chi connectivity index (χ3v) is 4.47. The molecular formula is C17H20N2O4. The van der Waals surface area contributed by atoms with E-state index in [0.29, 0.717) is 12.8 Å². The molecule has 0 saturated heterocycles. The highest BCUT2D eigenvalue weighted by molar-refractivity contribution is 5.89. The summed E-state index contributed by atoms with van der Waals surface area (Å²) < 4.78 is 5.22. The molecule has 1 saturated carbocycles. The number of carboxylic acids is 1. The van der Waals surface area contributed by atoms with Crippen molar-refractivity contribution in [3.8, 4) is 5.75 Å². The molecule has 1 aliphatic rings. The summed E-state index contributed by atoms with van der Waals surface area (Å²) in [6.07, 6.45) is 3.97. The molecule has 0 aliphatic heterocycles. The largest absolute Gasteiger partial charge is 0.497 e. The van der Waals surface area contributed by atoms with Crippen LogP contribution in [0.4, 0.5) is 0 Å². The van der Waals surface area contributed by atoms with Crippen molar-refractivity contribution < 1.29 is 19.4 Å². The summed E-state index contributed by atoms with van der Waals surface area (Å²) in [5, 5.41) is 12.9. The van der Waals surface area contributed by atoms with Gasteiger partial charge in [0.2, 0.25) is 5.91 Å². The van der Waals surface area contributed by atoms with Crippen molar-refractivity contribution in [2.24, 2.45) is 5.92 Å². The Labute approximate surface area is 133 Å². The van der Waals surface area contributed by atoms with Gasteiger partial charge in [-0.15, -0.1) is 0 Å². The maximum Gasteiger partial charge on any atom is 0.306 e. The van der Waals surface area contributed by atoms with Crippen molar-refractivity contribution in [1.29, 1.82) is 0 Å². The summed E-state index contributed by atoms with van der Waals surface area (Å²) in [5.74, 6) is -0.438. The lowest BCUT2D eigenvalue weighted by Gasteiger charge is -2.12. The number of hydrogen-bond acceptors (Lipinski definition) is 3. The maximum atomic E-state index is 12.2. The number of fused-ring (bicyclic) bond motifs is 1. The van der Waals surface area contributed by atoms with Crippen LogP contribution in [0, 0.1) is 5.92 Å². The Morgan fingerprint density at radius 1 is 1.39 bits per heavy atom. The summed E-state index contributed by atoms with van der Waals surface area (Å²) in [6, 6.07) is 5.66. The topological polar surface area (TPSA) is 91.4 Å². The molecular weight excluding hydrogens is 296 g/mol. The first-order valence-corrected chi connectivity index (χ1v) is 7.73. The summed E-state index contributed by atoms with van der Waals surface area (Å²) in [4.78, 5) is 26.4. The quantitative estimate of drug-likeness (QED) is 0.787. The number of aromatic nitrogens is 1. The Morgan fingerprint density at radius 2 is 2.22 bits per heavy atom. The number of aromatic amines is 1. The molecule has 1 aromatic carbocycles. The van der Waals surface area contributed by atoms with E-state index in [2.05, 4.69) is 10.3 Å². The number of hydrogen-bond donors (Lipinski definition) is 3. The molecule has 122 valence electrons. The molecule has 3 rings (SSSR count). The summed E-state index contributed by atoms with van der Waals surface area (Å²) >= 11 is 0. The second kappa shape index (κ2) is 6.32. The van der Waals surface area contributed by atoms with Crippen LogP contribution < -0.4 is 10.1 Å². The lowest BCUT2D eigenvalue weighted by Crippen LogP contribution is -2.34. The van der Waals surface area contributed by atoms with E-state index in [1.165, 1.54) is 0 Å². The number of carbonyl (C=O) groups is 2. The molecule has 6 nitrogen and oxygen atoms in total. The molecule has 0 radical (unpaired) electrons. The van der Waals surface area contributed by atoms with Crippen LogP contribution in [-0.2, 0) is 16.0 Å². The van der Waals surface area contributed by atoms with Crippen molar-refractivity contribution in [3.63, 3.8) is 0 Å². The van der Waals surface area contributed by atoms with Gasteiger partial charge >= 0.3 is 5.97 Å². The van der Waals surface area contributed by atoms with E-state index >= 15 is 0 Å². The second-order valence-corrected chi connectivity index (χ2v) is 6.01. The number of carbonyl (C=O) groups excluding carboxylic acids is 1. The van der Waals surface area contributed by atoms with Crippen molar-refractivity contribution >= 4 is 22.8 Å². The molecule has 1 amide bonds. The third-order valence-electron chi connectivity index (χ3n) is 4.47. The van der Waals surface area contributed by atoms with Crippen LogP contribution in [0.3, 0.4) is 0 Å². The van der Waals surface area contributed by atoms with E-state index < -0.39 is 5.97 Å². The fraction of sp³-hybridized carbons (Fsp3) is 0.412. The number of H-pyrrole nitrogens is 1. The Morgan fingerprint density at radius 3 is 2.91 bits per heavy atom. The number of aliphatic carboxylic acids is 1. The van der Waals surface area contributed by atoms with E-state index in [4.69, 9.17) is 9.84 Å². The van der Waals surface area contributed by atoms with Gasteiger partial charge in [-0.25, -0.2) is 0 Å². The minimum Gasteiger partial charge on any atom is -0.497 e. The van der Waals surface area contributed by atoms with Crippen LogP contribution in [0.1, 0.15) is 24.8 Å². The van der Waals surface area contributed by atoms with Crippen LogP contribution >= 0.6 is 0 Å². The Hall–Kier alpha value is -2.50. The number of carboxylic acid groups (broad SMARTS) is 1. The molecule has 1 aliphatic carbocycles. The zero-order valence-corrected chi connectivity index (χ0v) is 13.0. The van der Waals surface area contributed by atoms with Crippen molar-refractivity contribution in [3.05, 3.63) is 30.0 Å². The lowest BCUT2D eigenvalue weighted by atomic mass is 10.1. The minimum atomic E-state index is -0.773. The zero-order chi connectivity index (χ0) is 16.4. The van der Waals surface area contributed by atoms with Gasteiger partial charge in [-0.1, -0.05) is 0 Å². The van der Waals surface area contributed by atoms with Crippen LogP contribution in [0.5, 0.6) is 5.75 Å². The van der Waals surface area contributed by atoms with Gasteiger partial charge in [0.05, 0.1) is 19.4 Å². The number of amides is 1. The van der Waals surface area contributed by atoms with Crippen LogP contribution in [0.15, 0.2) is 24.4 Å². The molecule has 1 aromatic heterocycles. The maximum absolute atomic E-state index is 12.2. The molecule has 1 fully saturated rings. The van der Waals surface area contributed by atoms with Gasteiger partial charge in [0.25, 0.3) is 0 Å². The average Bonchev–Trinajstić information content (AvgIpc) is 3.14. The SMILES string of the molecule is COc1ccc2[nH]cc(CC(=O)N[C@@H]3CC[C@H](C(=O)O)C3)c2c1. The normalized spacial score (nSPS) is 20.6. The van der Waals surface area contributed by atoms with Crippen LogP contribution in [0.2, 0.25) is 0 Å². The molecule has 0 spiro atoms. The number of nitrogens with one attached hydrogen (secondary N) is 2. The highest BCUT2D eigenvalue weighted by Gasteiger charge is 2.30. The summed E-state index contributed by atoms with van der Waals surface area (Å²) in [5.41, 5.74) is 1.87. The van der Waals surface area contributed by atoms with Gasteiger partial charge in [-0.05, 0) is 43.0 Å². The van der Waals surface area contributed by atoms with Gasteiger partial charge in [-0.2, -0.15) is 0 Å². The number of rotatable bonds is 5. The first kappa shape index (κ1) is 15.4. The predicted octanol–water partition coefficient (Wildman–Crippen LogP) is 2.09. The number of ether oxygens (including phenoxy) is 1. The molecule has 6 heteroatoms. The summed E-state index contributed by atoms with van der Waals surface area (Å²) in [7, 11) is 1.61. The van der Waals surface area contributed by atoms with E-state index in [-0.39, 0.29) is 24.3 Å². The lowest BCUT2D eigenvalue weighted by molar-refractivity contribution is -0.141. The number of benzene rings is 1. The molecule has 2 aromatic rings. The van der Waals surface area contributed by atoms with Gasteiger partial charge in [0, 0.05) is 23.1 Å². The zero-order valence-electron chi connectivity index (χ0n) is 13.0. The summed E-state index contributed by atoms with van der Waals surface area (Å²) in [6.45, 7) is 0. The molecule has 3 N–H and O–H groups in total. The van der Waals surface area contributed by atoms with E-state index in [1.807, 2.05) is 24.4 Å². The smallest absolute Gasteiger partial charge is 0.306 e. The van der Waals surface area contributed by atoms with Crippen molar-refractivity contribution in [1.82, 2.24) is 10.3 Å². The first-order chi connectivity index (χ1) is 11.1. The third kappa shape index (κ3) is 3.31. The highest BCUT2D eigenvalue weighted by atomic mass is 16.5. The van der Waals surface area contributed by atoms with Gasteiger partial charge in [0.1, 0.15) is 5.75 Å². The van der Waals surface area contributed by atoms with Crippen molar-refractivity contribution in [2.45, 2.75) is 31.7 Å². The average molecular weight is 316 g/mol. The first-order valence-electron chi connectivity index (χ1n) is 7.73. The van der Waals surface area contributed by atoms with E-state index in [1.54, 1.807) is 7.11 Å². The van der Waals surface area contributed by atoms with Gasteiger partial charge in [0.15, 0.2) is 0 Å². The fourth-order valence-electron chi connectivity index (χ4n) is 3.22. The second-order valence-electron chi connectivity index (χ2n) is 6.01. The van der Waals surface area contributed by atoms with Crippen molar-refractivity contribution in [2.75, 3.05) is 7.11 Å².